The van der Waals surface area contributed by atoms with E-state index < -0.39 is 10.0 Å². The maximum absolute atomic E-state index is 12.3. The average molecular weight is 455 g/mol. The highest BCUT2D eigenvalue weighted by Crippen LogP contribution is 2.26. The van der Waals surface area contributed by atoms with Gasteiger partial charge in [-0.3, -0.25) is 9.59 Å². The third kappa shape index (κ3) is 4.58. The van der Waals surface area contributed by atoms with Crippen molar-refractivity contribution < 1.29 is 13.2 Å². The first-order valence-electron chi connectivity index (χ1n) is 8.86. The van der Waals surface area contributed by atoms with E-state index in [9.17, 15) is 18.0 Å². The lowest BCUT2D eigenvalue weighted by molar-refractivity contribution is -0.121. The minimum Gasteiger partial charge on any atom is -0.351 e. The summed E-state index contributed by atoms with van der Waals surface area (Å²) in [5, 5.41) is 3.39. The van der Waals surface area contributed by atoms with E-state index in [4.69, 9.17) is 0 Å². The highest BCUT2D eigenvalue weighted by atomic mass is 32.2. The molecule has 0 unspecified atom stereocenters. The van der Waals surface area contributed by atoms with Crippen LogP contribution in [0.25, 0.3) is 10.2 Å². The second-order valence-corrected chi connectivity index (χ2v) is 11.5. The minimum absolute atomic E-state index is 0.173. The smallest absolute Gasteiger partial charge is 0.259 e. The number of nitrogens with zero attached hydrogens (tertiary/aromatic N) is 2. The Morgan fingerprint density at radius 1 is 1.24 bits per heavy atom. The maximum atomic E-state index is 12.3. The number of rotatable bonds is 7. The zero-order chi connectivity index (χ0) is 21.3. The fourth-order valence-corrected chi connectivity index (χ4v) is 6.21. The summed E-state index contributed by atoms with van der Waals surface area (Å²) in [7, 11) is -0.512. The van der Waals surface area contributed by atoms with Gasteiger partial charge in [-0.1, -0.05) is 0 Å². The van der Waals surface area contributed by atoms with E-state index in [1.54, 1.807) is 6.07 Å². The monoisotopic (exact) mass is 454 g/mol. The van der Waals surface area contributed by atoms with E-state index >= 15 is 0 Å². The highest BCUT2D eigenvalue weighted by Gasteiger charge is 2.19. The van der Waals surface area contributed by atoms with Gasteiger partial charge in [0.1, 0.15) is 14.9 Å². The first kappa shape index (κ1) is 21.6. The largest absolute Gasteiger partial charge is 0.351 e. The normalized spacial score (nSPS) is 12.0. The Balaban J connectivity index is 1.59. The predicted octanol–water partition coefficient (Wildman–Crippen LogP) is 2.16. The van der Waals surface area contributed by atoms with Gasteiger partial charge in [0.05, 0.1) is 11.9 Å². The number of aromatic nitrogens is 2. The van der Waals surface area contributed by atoms with Gasteiger partial charge in [0.15, 0.2) is 0 Å². The van der Waals surface area contributed by atoms with Crippen LogP contribution in [0.1, 0.15) is 27.6 Å². The molecular weight excluding hydrogens is 432 g/mol. The average Bonchev–Trinajstić information content (AvgIpc) is 3.23. The molecule has 156 valence electrons. The lowest BCUT2D eigenvalue weighted by Gasteiger charge is -2.08. The van der Waals surface area contributed by atoms with Crippen molar-refractivity contribution in [3.8, 4) is 0 Å². The summed E-state index contributed by atoms with van der Waals surface area (Å²) in [6.45, 7) is 4.10. The fourth-order valence-electron chi connectivity index (χ4n) is 2.70. The number of carbonyl (C=O) groups is 1. The van der Waals surface area contributed by atoms with Crippen LogP contribution in [-0.4, -0.2) is 42.7 Å². The molecule has 0 fully saturated rings. The molecule has 8 nitrogen and oxygen atoms in total. The molecular formula is C18H22N4O4S3. The van der Waals surface area contributed by atoms with Crippen LogP contribution in [0.5, 0.6) is 0 Å². The molecule has 2 N–H and O–H groups in total. The number of thiophene rings is 2. The summed E-state index contributed by atoms with van der Waals surface area (Å²) in [6, 6.07) is 3.23. The Morgan fingerprint density at radius 2 is 1.97 bits per heavy atom. The van der Waals surface area contributed by atoms with Crippen LogP contribution in [-0.2, 0) is 27.8 Å². The number of nitrogens with one attached hydrogen (secondary N) is 2. The van der Waals surface area contributed by atoms with E-state index in [0.717, 1.165) is 31.0 Å². The van der Waals surface area contributed by atoms with Crippen LogP contribution < -0.4 is 10.9 Å². The van der Waals surface area contributed by atoms with E-state index in [1.807, 2.05) is 13.8 Å². The molecule has 3 rings (SSSR count). The fraction of sp³-hybridized carbons (Fsp3) is 0.389. The number of fused-ring (bicyclic) bond motifs is 1. The van der Waals surface area contributed by atoms with Gasteiger partial charge in [0.2, 0.25) is 5.91 Å². The molecule has 0 aromatic carbocycles. The number of sulfonamides is 1. The van der Waals surface area contributed by atoms with Crippen molar-refractivity contribution in [3.63, 3.8) is 0 Å². The van der Waals surface area contributed by atoms with Gasteiger partial charge >= 0.3 is 0 Å². The van der Waals surface area contributed by atoms with Gasteiger partial charge in [-0.2, -0.15) is 0 Å². The number of hydrogen-bond acceptors (Lipinski definition) is 7. The maximum Gasteiger partial charge on any atom is 0.259 e. The van der Waals surface area contributed by atoms with Crippen molar-refractivity contribution in [2.75, 3.05) is 14.1 Å². The molecule has 29 heavy (non-hydrogen) atoms. The van der Waals surface area contributed by atoms with Crippen LogP contribution >= 0.6 is 22.7 Å². The third-order valence-electron chi connectivity index (χ3n) is 4.51. The molecule has 3 aromatic heterocycles. The summed E-state index contributed by atoms with van der Waals surface area (Å²) < 4.78 is 25.6. The number of aromatic amines is 1. The molecule has 0 atom stereocenters. The number of aryl methyl sites for hydroxylation is 3. The molecule has 3 heterocycles. The first-order valence-corrected chi connectivity index (χ1v) is 11.9. The quantitative estimate of drug-likeness (QED) is 0.568. The molecule has 0 aliphatic heterocycles. The molecule has 0 saturated heterocycles. The van der Waals surface area contributed by atoms with Gasteiger partial charge in [-0.15, -0.1) is 22.7 Å². The van der Waals surface area contributed by atoms with Crippen LogP contribution in [0, 0.1) is 13.8 Å². The molecule has 1 amide bonds. The molecule has 11 heteroatoms. The van der Waals surface area contributed by atoms with E-state index in [1.165, 1.54) is 31.5 Å². The van der Waals surface area contributed by atoms with Gasteiger partial charge in [-0.05, 0) is 31.5 Å². The summed E-state index contributed by atoms with van der Waals surface area (Å²) in [5.74, 6) is 0.283. The van der Waals surface area contributed by atoms with Crippen molar-refractivity contribution in [2.24, 2.45) is 0 Å². The summed E-state index contributed by atoms with van der Waals surface area (Å²) in [4.78, 5) is 34.2. The molecule has 3 aromatic rings. The van der Waals surface area contributed by atoms with Crippen LogP contribution in [0.4, 0.5) is 0 Å². The van der Waals surface area contributed by atoms with Gasteiger partial charge in [0, 0.05) is 36.7 Å². The topological polar surface area (TPSA) is 112 Å². The van der Waals surface area contributed by atoms with Crippen LogP contribution in [0.15, 0.2) is 21.1 Å². The lowest BCUT2D eigenvalue weighted by atomic mass is 10.2. The highest BCUT2D eigenvalue weighted by molar-refractivity contribution is 7.91. The Morgan fingerprint density at radius 3 is 2.66 bits per heavy atom. The molecule has 0 spiro atoms. The molecule has 0 radical (unpaired) electrons. The standard InChI is InChI=1S/C18H22N4O4S3/c1-10-11(2)27-18-16(10)17(24)20-13(21-18)6-7-14(23)19-9-12-5-8-15(28-12)29(25,26)22(3)4/h5,8H,6-7,9H2,1-4H3,(H,19,23)(H,20,21,24). The number of amides is 1. The minimum atomic E-state index is -3.47. The van der Waals surface area contributed by atoms with Gasteiger partial charge in [-0.25, -0.2) is 17.7 Å². The van der Waals surface area contributed by atoms with Crippen molar-refractivity contribution in [1.29, 1.82) is 0 Å². The molecule has 0 aliphatic carbocycles. The number of hydrogen-bond donors (Lipinski definition) is 2. The zero-order valence-electron chi connectivity index (χ0n) is 16.5. The molecule has 0 saturated carbocycles. The lowest BCUT2D eigenvalue weighted by Crippen LogP contribution is -2.23. The van der Waals surface area contributed by atoms with E-state index in [0.29, 0.717) is 22.5 Å². The van der Waals surface area contributed by atoms with Crippen molar-refractivity contribution in [2.45, 2.75) is 37.4 Å². The van der Waals surface area contributed by atoms with Crippen molar-refractivity contribution in [3.05, 3.63) is 43.6 Å². The van der Waals surface area contributed by atoms with Crippen LogP contribution in [0.3, 0.4) is 0 Å². The number of carbonyl (C=O) groups excluding carboxylic acids is 1. The second kappa shape index (κ2) is 8.34. The number of H-pyrrole nitrogens is 1. The van der Waals surface area contributed by atoms with Gasteiger partial charge < -0.3 is 10.3 Å². The second-order valence-electron chi connectivity index (χ2n) is 6.76. The Kier molecular flexibility index (Phi) is 6.22. The Labute approximate surface area is 176 Å². The Hall–Kier alpha value is -2.08. The Bertz CT molecular complexity index is 1220. The molecule has 0 bridgehead atoms. The van der Waals surface area contributed by atoms with E-state index in [2.05, 4.69) is 15.3 Å². The molecule has 0 aliphatic rings. The third-order valence-corrected chi connectivity index (χ3v) is 8.98. The summed E-state index contributed by atoms with van der Waals surface area (Å²) >= 11 is 2.60. The van der Waals surface area contributed by atoms with E-state index in [-0.39, 0.29) is 28.6 Å². The predicted molar refractivity (Wildman–Crippen MR) is 115 cm³/mol. The van der Waals surface area contributed by atoms with Crippen molar-refractivity contribution >= 4 is 48.8 Å². The van der Waals surface area contributed by atoms with Gasteiger partial charge in [0.25, 0.3) is 15.6 Å². The van der Waals surface area contributed by atoms with Crippen LogP contribution in [0.2, 0.25) is 0 Å². The zero-order valence-corrected chi connectivity index (χ0v) is 19.0. The summed E-state index contributed by atoms with van der Waals surface area (Å²) in [5.41, 5.74) is 0.759. The summed E-state index contributed by atoms with van der Waals surface area (Å²) in [6.07, 6.45) is 0.490. The first-order chi connectivity index (χ1) is 13.6. The van der Waals surface area contributed by atoms with Crippen molar-refractivity contribution in [1.82, 2.24) is 19.6 Å². The SMILES string of the molecule is Cc1sc2nc(CCC(=O)NCc3ccc(S(=O)(=O)N(C)C)s3)[nH]c(=O)c2c1C.